The van der Waals surface area contributed by atoms with Crippen LogP contribution in [0.25, 0.3) is 17.2 Å². The normalized spacial score (nSPS) is 17.1. The van der Waals surface area contributed by atoms with Crippen molar-refractivity contribution >= 4 is 25.3 Å². The van der Waals surface area contributed by atoms with Crippen LogP contribution in [0.3, 0.4) is 0 Å². The average Bonchev–Trinajstić information content (AvgIpc) is 3.38. The molecule has 1 aliphatic carbocycles. The summed E-state index contributed by atoms with van der Waals surface area (Å²) < 4.78 is 23.3. The number of esters is 1. The van der Waals surface area contributed by atoms with E-state index in [4.69, 9.17) is 18.8 Å². The van der Waals surface area contributed by atoms with E-state index in [-0.39, 0.29) is 31.4 Å². The van der Waals surface area contributed by atoms with Crippen LogP contribution >= 0.6 is 0 Å². The maximum atomic E-state index is 12.9. The molecule has 0 unspecified atom stereocenters. The number of nitrogens with zero attached hydrogens (tertiary/aromatic N) is 1. The molecule has 1 aromatic heterocycles. The molecule has 0 bridgehead atoms. The lowest BCUT2D eigenvalue weighted by atomic mass is 9.77. The van der Waals surface area contributed by atoms with Gasteiger partial charge in [0.05, 0.1) is 23.5 Å². The van der Waals surface area contributed by atoms with Crippen LogP contribution in [0.1, 0.15) is 67.8 Å². The first-order valence-corrected chi connectivity index (χ1v) is 13.9. The lowest BCUT2D eigenvalue weighted by Gasteiger charge is -2.32. The number of alkyl carbamates (subject to hydrolysis) is 1. The molecule has 2 heterocycles. The second-order valence-corrected chi connectivity index (χ2v) is 11.2. The molecule has 1 saturated heterocycles. The van der Waals surface area contributed by atoms with E-state index in [1.54, 1.807) is 31.2 Å². The highest BCUT2D eigenvalue weighted by Crippen LogP contribution is 2.44. The lowest BCUT2D eigenvalue weighted by Crippen LogP contribution is -2.41. The molecule has 1 amide bonds. The molecular weight excluding hydrogens is 519 g/mol. The van der Waals surface area contributed by atoms with Gasteiger partial charge in [-0.3, -0.25) is 0 Å². The number of hydrogen-bond acceptors (Lipinski definition) is 7. The fourth-order valence-corrected chi connectivity index (χ4v) is 5.06. The number of rotatable bonds is 8. The van der Waals surface area contributed by atoms with E-state index in [2.05, 4.69) is 34.6 Å². The minimum atomic E-state index is -0.734. The van der Waals surface area contributed by atoms with Crippen molar-refractivity contribution in [2.45, 2.75) is 51.7 Å². The standard InChI is InChI=1S/C32H35BN2O6/c1-6-38-29(36)28-17-11-12-22(35-28)18-21(33-40-31(2,3)32(4,5)41-33)19-34-30(37)39-20-27-25-15-9-7-13-23(25)24-14-8-10-16-26(24)27/h7-18,27H,6,19-20H2,1-5H3,(H,34,37). The summed E-state index contributed by atoms with van der Waals surface area (Å²) in [5, 5.41) is 2.86. The first-order valence-electron chi connectivity index (χ1n) is 13.9. The number of amides is 1. The van der Waals surface area contributed by atoms with Crippen molar-refractivity contribution in [3.8, 4) is 11.1 Å². The van der Waals surface area contributed by atoms with E-state index in [1.807, 2.05) is 52.0 Å². The summed E-state index contributed by atoms with van der Waals surface area (Å²) in [6.07, 6.45) is 1.21. The second-order valence-electron chi connectivity index (χ2n) is 11.2. The van der Waals surface area contributed by atoms with Crippen molar-refractivity contribution in [1.82, 2.24) is 10.3 Å². The van der Waals surface area contributed by atoms with Crippen molar-refractivity contribution < 1.29 is 28.4 Å². The number of fused-ring (bicyclic) bond motifs is 3. The average molecular weight is 554 g/mol. The molecule has 5 rings (SSSR count). The molecule has 212 valence electrons. The number of aromatic nitrogens is 1. The quantitative estimate of drug-likeness (QED) is 0.277. The monoisotopic (exact) mass is 554 g/mol. The summed E-state index contributed by atoms with van der Waals surface area (Å²) in [6.45, 7) is 10.1. The zero-order valence-corrected chi connectivity index (χ0v) is 24.1. The molecule has 8 nitrogen and oxygen atoms in total. The smallest absolute Gasteiger partial charge is 0.461 e. The van der Waals surface area contributed by atoms with Gasteiger partial charge in [-0.1, -0.05) is 54.6 Å². The summed E-state index contributed by atoms with van der Waals surface area (Å²) in [4.78, 5) is 29.6. The van der Waals surface area contributed by atoms with Gasteiger partial charge in [0.1, 0.15) is 12.3 Å². The van der Waals surface area contributed by atoms with Gasteiger partial charge in [0.2, 0.25) is 0 Å². The van der Waals surface area contributed by atoms with Gasteiger partial charge < -0.3 is 24.1 Å². The molecule has 41 heavy (non-hydrogen) atoms. The Kier molecular flexibility index (Phi) is 8.02. The van der Waals surface area contributed by atoms with Gasteiger partial charge in [-0.2, -0.15) is 0 Å². The third-order valence-electron chi connectivity index (χ3n) is 7.93. The van der Waals surface area contributed by atoms with Crippen LogP contribution in [-0.2, 0) is 18.8 Å². The Morgan fingerprint density at radius 2 is 1.51 bits per heavy atom. The molecule has 0 saturated carbocycles. The van der Waals surface area contributed by atoms with Crippen molar-refractivity contribution in [2.24, 2.45) is 0 Å². The van der Waals surface area contributed by atoms with Crippen LogP contribution in [0.15, 0.2) is 72.2 Å². The predicted molar refractivity (Wildman–Crippen MR) is 157 cm³/mol. The molecule has 1 N–H and O–H groups in total. The van der Waals surface area contributed by atoms with Gasteiger partial charge >= 0.3 is 19.2 Å². The molecule has 0 radical (unpaired) electrons. The minimum Gasteiger partial charge on any atom is -0.461 e. The van der Waals surface area contributed by atoms with Crippen LogP contribution in [-0.4, -0.2) is 55.1 Å². The number of hydrogen-bond donors (Lipinski definition) is 1. The molecule has 9 heteroatoms. The van der Waals surface area contributed by atoms with Crippen LogP contribution in [0.4, 0.5) is 4.79 Å². The first kappa shape index (κ1) is 28.6. The third kappa shape index (κ3) is 5.92. The Morgan fingerprint density at radius 1 is 0.902 bits per heavy atom. The van der Waals surface area contributed by atoms with E-state index in [0.717, 1.165) is 11.1 Å². The highest BCUT2D eigenvalue weighted by Gasteiger charge is 2.52. The minimum absolute atomic E-state index is 0.0407. The molecule has 0 spiro atoms. The van der Waals surface area contributed by atoms with Crippen LogP contribution in [0.2, 0.25) is 0 Å². The Bertz CT molecular complexity index is 1420. The largest absolute Gasteiger partial charge is 0.492 e. The topological polar surface area (TPSA) is 96.0 Å². The summed E-state index contributed by atoms with van der Waals surface area (Å²) in [7, 11) is -0.734. The SMILES string of the molecule is CCOC(=O)c1cccc(C=C(CNC(=O)OCC2c3ccccc3-c3ccccc32)B2OC(C)(C)C(C)(C)O2)n1. The number of benzene rings is 2. The number of carbonyl (C=O) groups excluding carboxylic acids is 2. The molecule has 3 aromatic rings. The molecular formula is C32H35BN2O6. The van der Waals surface area contributed by atoms with E-state index < -0.39 is 30.4 Å². The summed E-state index contributed by atoms with van der Waals surface area (Å²) in [5.41, 5.74) is 4.79. The Morgan fingerprint density at radius 3 is 2.12 bits per heavy atom. The maximum absolute atomic E-state index is 12.9. The van der Waals surface area contributed by atoms with Crippen molar-refractivity contribution in [1.29, 1.82) is 0 Å². The molecule has 1 fully saturated rings. The van der Waals surface area contributed by atoms with Crippen LogP contribution in [0, 0.1) is 0 Å². The first-order chi connectivity index (χ1) is 19.6. The Balaban J connectivity index is 1.32. The number of nitrogens with one attached hydrogen (secondary N) is 1. The van der Waals surface area contributed by atoms with Crippen LogP contribution in [0.5, 0.6) is 0 Å². The van der Waals surface area contributed by atoms with E-state index in [9.17, 15) is 9.59 Å². The predicted octanol–water partition coefficient (Wildman–Crippen LogP) is 5.81. The molecule has 1 aliphatic heterocycles. The fraction of sp³-hybridized carbons (Fsp3) is 0.344. The van der Waals surface area contributed by atoms with E-state index in [0.29, 0.717) is 11.2 Å². The van der Waals surface area contributed by atoms with Crippen LogP contribution < -0.4 is 5.32 Å². The zero-order chi connectivity index (χ0) is 29.2. The number of carbonyl (C=O) groups is 2. The second kappa shape index (κ2) is 11.5. The summed E-state index contributed by atoms with van der Waals surface area (Å²) in [5.74, 6) is -0.544. The molecule has 0 atom stereocenters. The third-order valence-corrected chi connectivity index (χ3v) is 7.93. The van der Waals surface area contributed by atoms with E-state index in [1.165, 1.54) is 11.1 Å². The van der Waals surface area contributed by atoms with Gasteiger partial charge in [-0.25, -0.2) is 14.6 Å². The van der Waals surface area contributed by atoms with Crippen molar-refractivity contribution in [2.75, 3.05) is 19.8 Å². The van der Waals surface area contributed by atoms with Gasteiger partial charge in [0.15, 0.2) is 0 Å². The van der Waals surface area contributed by atoms with E-state index >= 15 is 0 Å². The summed E-state index contributed by atoms with van der Waals surface area (Å²) in [6, 6.07) is 21.5. The highest BCUT2D eigenvalue weighted by atomic mass is 16.7. The zero-order valence-electron chi connectivity index (χ0n) is 24.1. The van der Waals surface area contributed by atoms with Gasteiger partial charge in [0, 0.05) is 12.5 Å². The van der Waals surface area contributed by atoms with Gasteiger partial charge in [0.25, 0.3) is 0 Å². The summed E-state index contributed by atoms with van der Waals surface area (Å²) >= 11 is 0. The number of ether oxygens (including phenoxy) is 2. The van der Waals surface area contributed by atoms with Crippen molar-refractivity contribution in [3.63, 3.8) is 0 Å². The van der Waals surface area contributed by atoms with Crippen molar-refractivity contribution in [3.05, 3.63) is 94.7 Å². The highest BCUT2D eigenvalue weighted by molar-refractivity contribution is 6.56. The maximum Gasteiger partial charge on any atom is 0.492 e. The molecule has 2 aromatic carbocycles. The lowest BCUT2D eigenvalue weighted by molar-refractivity contribution is 0.00578. The van der Waals surface area contributed by atoms with Gasteiger partial charge in [-0.15, -0.1) is 0 Å². The molecule has 2 aliphatic rings. The Labute approximate surface area is 241 Å². The van der Waals surface area contributed by atoms with Gasteiger partial charge in [-0.05, 0) is 80.6 Å². The fourth-order valence-electron chi connectivity index (χ4n) is 5.06. The number of pyridine rings is 1. The Hall–Kier alpha value is -3.95.